The summed E-state index contributed by atoms with van der Waals surface area (Å²) in [5.74, 6) is 0.642. The fourth-order valence-corrected chi connectivity index (χ4v) is 5.17. The molecule has 0 aliphatic heterocycles. The third-order valence-corrected chi connectivity index (χ3v) is 7.06. The van der Waals surface area contributed by atoms with Crippen molar-refractivity contribution in [1.29, 1.82) is 0 Å². The van der Waals surface area contributed by atoms with Crippen LogP contribution in [0.25, 0.3) is 32.7 Å². The minimum atomic E-state index is -0.0460. The van der Waals surface area contributed by atoms with Gasteiger partial charge < -0.3 is 0 Å². The first kappa shape index (κ1) is 21.0. The zero-order chi connectivity index (χ0) is 22.1. The Hall–Kier alpha value is -2.92. The highest BCUT2D eigenvalue weighted by Crippen LogP contribution is 2.28. The van der Waals surface area contributed by atoms with E-state index in [1.54, 1.807) is 4.57 Å². The zero-order valence-electron chi connectivity index (χ0n) is 17.0. The van der Waals surface area contributed by atoms with E-state index in [4.69, 9.17) is 28.2 Å². The monoisotopic (exact) mass is 476 g/mol. The standard InChI is InChI=1S/C26H18Cl2N2OS/c27-21-7-4-8-22(28)20(21)13-15-30-25(29-23-14-16-32-24(23)26(30)31)19-11-9-18(10-12-19)17-5-2-1-3-6-17/h1-12,14,16H,13,15H2. The minimum Gasteiger partial charge on any atom is -0.291 e. The molecule has 5 rings (SSSR count). The van der Waals surface area contributed by atoms with Gasteiger partial charge in [0, 0.05) is 22.2 Å². The Balaban J connectivity index is 1.57. The molecule has 158 valence electrons. The van der Waals surface area contributed by atoms with Crippen LogP contribution in [0.2, 0.25) is 10.0 Å². The summed E-state index contributed by atoms with van der Waals surface area (Å²) in [6.07, 6.45) is 0.534. The first-order valence-electron chi connectivity index (χ1n) is 10.2. The van der Waals surface area contributed by atoms with E-state index in [0.717, 1.165) is 22.3 Å². The van der Waals surface area contributed by atoms with Crippen molar-refractivity contribution in [2.75, 3.05) is 0 Å². The number of benzene rings is 3. The molecule has 2 aromatic heterocycles. The molecule has 2 heterocycles. The SMILES string of the molecule is O=c1c2sccc2nc(-c2ccc(-c3ccccc3)cc2)n1CCc1c(Cl)cccc1Cl. The van der Waals surface area contributed by atoms with E-state index in [0.29, 0.717) is 39.1 Å². The third-order valence-electron chi connectivity index (χ3n) is 5.46. The van der Waals surface area contributed by atoms with Crippen molar-refractivity contribution >= 4 is 44.8 Å². The van der Waals surface area contributed by atoms with Gasteiger partial charge in [0.2, 0.25) is 0 Å². The molecule has 0 amide bonds. The molecule has 0 fully saturated rings. The molecule has 3 nitrogen and oxygen atoms in total. The molecule has 0 aliphatic carbocycles. The van der Waals surface area contributed by atoms with Gasteiger partial charge in [-0.2, -0.15) is 0 Å². The smallest absolute Gasteiger partial charge is 0.271 e. The van der Waals surface area contributed by atoms with E-state index in [2.05, 4.69) is 24.3 Å². The quantitative estimate of drug-likeness (QED) is 0.265. The van der Waals surface area contributed by atoms with Gasteiger partial charge in [-0.25, -0.2) is 4.98 Å². The summed E-state index contributed by atoms with van der Waals surface area (Å²) in [6.45, 7) is 0.429. The van der Waals surface area contributed by atoms with E-state index >= 15 is 0 Å². The molecule has 0 saturated carbocycles. The van der Waals surface area contributed by atoms with Crippen LogP contribution in [0.1, 0.15) is 5.56 Å². The van der Waals surface area contributed by atoms with Crippen LogP contribution in [0.4, 0.5) is 0 Å². The Morgan fingerprint density at radius 3 is 2.16 bits per heavy atom. The molecule has 0 radical (unpaired) electrons. The average Bonchev–Trinajstić information content (AvgIpc) is 3.30. The second-order valence-electron chi connectivity index (χ2n) is 7.42. The Bertz CT molecular complexity index is 1440. The van der Waals surface area contributed by atoms with E-state index in [-0.39, 0.29) is 5.56 Å². The van der Waals surface area contributed by atoms with Crippen molar-refractivity contribution in [3.05, 3.63) is 110 Å². The number of aromatic nitrogens is 2. The lowest BCUT2D eigenvalue weighted by Gasteiger charge is -2.14. The molecule has 0 saturated heterocycles. The van der Waals surface area contributed by atoms with Gasteiger partial charge in [-0.1, -0.05) is 83.9 Å². The van der Waals surface area contributed by atoms with Gasteiger partial charge >= 0.3 is 0 Å². The molecule has 32 heavy (non-hydrogen) atoms. The normalized spacial score (nSPS) is 11.2. The van der Waals surface area contributed by atoms with Gasteiger partial charge in [0.25, 0.3) is 5.56 Å². The van der Waals surface area contributed by atoms with Crippen molar-refractivity contribution in [3.8, 4) is 22.5 Å². The van der Waals surface area contributed by atoms with E-state index < -0.39 is 0 Å². The predicted octanol–water partition coefficient (Wildman–Crippen LogP) is 7.34. The molecule has 0 spiro atoms. The lowest BCUT2D eigenvalue weighted by atomic mass is 10.0. The number of fused-ring (bicyclic) bond motifs is 1. The first-order valence-corrected chi connectivity index (χ1v) is 11.8. The summed E-state index contributed by atoms with van der Waals surface area (Å²) in [7, 11) is 0. The van der Waals surface area contributed by atoms with Crippen molar-refractivity contribution in [2.24, 2.45) is 0 Å². The topological polar surface area (TPSA) is 34.9 Å². The van der Waals surface area contributed by atoms with Crippen molar-refractivity contribution in [1.82, 2.24) is 9.55 Å². The molecule has 0 atom stereocenters. The summed E-state index contributed by atoms with van der Waals surface area (Å²) < 4.78 is 2.38. The number of rotatable bonds is 5. The van der Waals surface area contributed by atoms with E-state index in [1.165, 1.54) is 11.3 Å². The summed E-state index contributed by atoms with van der Waals surface area (Å²) in [5, 5.41) is 3.10. The molecule has 0 N–H and O–H groups in total. The molecule has 3 aromatic carbocycles. The molecule has 0 bridgehead atoms. The number of hydrogen-bond donors (Lipinski definition) is 0. The maximum absolute atomic E-state index is 13.3. The maximum Gasteiger partial charge on any atom is 0.271 e. The van der Waals surface area contributed by atoms with Crippen LogP contribution < -0.4 is 5.56 Å². The zero-order valence-corrected chi connectivity index (χ0v) is 19.3. The lowest BCUT2D eigenvalue weighted by molar-refractivity contribution is 0.672. The molecule has 5 aromatic rings. The molecular formula is C26H18Cl2N2OS. The van der Waals surface area contributed by atoms with Crippen LogP contribution in [0.3, 0.4) is 0 Å². The fraction of sp³-hybridized carbons (Fsp3) is 0.0769. The summed E-state index contributed by atoms with van der Waals surface area (Å²) >= 11 is 14.1. The molecular weight excluding hydrogens is 459 g/mol. The van der Waals surface area contributed by atoms with Gasteiger partial charge in [0.05, 0.1) is 5.52 Å². The number of halogens is 2. The highest BCUT2D eigenvalue weighted by Gasteiger charge is 2.15. The van der Waals surface area contributed by atoms with Gasteiger partial charge in [0.15, 0.2) is 0 Å². The highest BCUT2D eigenvalue weighted by atomic mass is 35.5. The molecule has 6 heteroatoms. The van der Waals surface area contributed by atoms with E-state index in [1.807, 2.05) is 60.0 Å². The van der Waals surface area contributed by atoms with Crippen LogP contribution in [0.5, 0.6) is 0 Å². The van der Waals surface area contributed by atoms with Crippen LogP contribution >= 0.6 is 34.5 Å². The molecule has 0 unspecified atom stereocenters. The molecule has 0 aliphatic rings. The van der Waals surface area contributed by atoms with Gasteiger partial charge in [0.1, 0.15) is 10.5 Å². The number of hydrogen-bond acceptors (Lipinski definition) is 3. The van der Waals surface area contributed by atoms with Crippen molar-refractivity contribution in [3.63, 3.8) is 0 Å². The second kappa shape index (κ2) is 8.91. The predicted molar refractivity (Wildman–Crippen MR) is 135 cm³/mol. The van der Waals surface area contributed by atoms with Crippen molar-refractivity contribution in [2.45, 2.75) is 13.0 Å². The van der Waals surface area contributed by atoms with Crippen LogP contribution in [0.15, 0.2) is 89.0 Å². The Morgan fingerprint density at radius 1 is 0.781 bits per heavy atom. The summed E-state index contributed by atoms with van der Waals surface area (Å²) in [5.41, 5.74) is 4.65. The Morgan fingerprint density at radius 2 is 1.44 bits per heavy atom. The second-order valence-corrected chi connectivity index (χ2v) is 9.15. The summed E-state index contributed by atoms with van der Waals surface area (Å²) in [4.78, 5) is 18.2. The Kier molecular flexibility index (Phi) is 5.83. The van der Waals surface area contributed by atoms with Crippen LogP contribution in [0, 0.1) is 0 Å². The highest BCUT2D eigenvalue weighted by molar-refractivity contribution is 7.17. The Labute approximate surface area is 199 Å². The summed E-state index contributed by atoms with van der Waals surface area (Å²) in [6, 6.07) is 25.7. The minimum absolute atomic E-state index is 0.0460. The largest absolute Gasteiger partial charge is 0.291 e. The van der Waals surface area contributed by atoms with Gasteiger partial charge in [-0.05, 0) is 46.7 Å². The lowest BCUT2D eigenvalue weighted by Crippen LogP contribution is -2.24. The van der Waals surface area contributed by atoms with Crippen LogP contribution in [-0.2, 0) is 13.0 Å². The van der Waals surface area contributed by atoms with Gasteiger partial charge in [-0.15, -0.1) is 11.3 Å². The average molecular weight is 477 g/mol. The van der Waals surface area contributed by atoms with Crippen molar-refractivity contribution < 1.29 is 0 Å². The number of nitrogens with zero attached hydrogens (tertiary/aromatic N) is 2. The number of thiophene rings is 1. The maximum atomic E-state index is 13.3. The first-order chi connectivity index (χ1) is 15.6. The fourth-order valence-electron chi connectivity index (χ4n) is 3.81. The van der Waals surface area contributed by atoms with Crippen LogP contribution in [-0.4, -0.2) is 9.55 Å². The van der Waals surface area contributed by atoms with Gasteiger partial charge in [-0.3, -0.25) is 9.36 Å². The van der Waals surface area contributed by atoms with E-state index in [9.17, 15) is 4.79 Å². The third kappa shape index (κ3) is 3.97.